The van der Waals surface area contributed by atoms with Crippen LogP contribution in [0, 0.1) is 6.92 Å². The van der Waals surface area contributed by atoms with Gasteiger partial charge in [-0.2, -0.15) is 0 Å². The molecule has 0 spiro atoms. The van der Waals surface area contributed by atoms with Gasteiger partial charge in [0.1, 0.15) is 0 Å². The zero-order valence-electron chi connectivity index (χ0n) is 13.7. The molecule has 124 valence electrons. The Hall–Kier alpha value is -0.910. The van der Waals surface area contributed by atoms with Gasteiger partial charge in [0.05, 0.1) is 15.7 Å². The molecule has 0 unspecified atom stereocenters. The Kier molecular flexibility index (Phi) is 5.30. The average Bonchev–Trinajstić information content (AvgIpc) is 2.45. The largest absolute Gasteiger partial charge is 0.389 e. The fraction of sp³-hybridized carbons (Fsp3) is 0.647. The molecule has 1 aliphatic carbocycles. The first kappa shape index (κ1) is 17.4. The van der Waals surface area contributed by atoms with Crippen molar-refractivity contribution in [3.05, 3.63) is 29.8 Å². The van der Waals surface area contributed by atoms with E-state index in [1.54, 1.807) is 26.0 Å². The van der Waals surface area contributed by atoms with E-state index in [2.05, 4.69) is 5.32 Å². The van der Waals surface area contributed by atoms with Crippen LogP contribution in [-0.2, 0) is 9.84 Å². The molecule has 5 heteroatoms. The van der Waals surface area contributed by atoms with Crippen LogP contribution in [0.4, 0.5) is 0 Å². The smallest absolute Gasteiger partial charge is 0.182 e. The van der Waals surface area contributed by atoms with Crippen LogP contribution in [0.25, 0.3) is 0 Å². The van der Waals surface area contributed by atoms with Crippen molar-refractivity contribution in [2.75, 3.05) is 6.54 Å². The van der Waals surface area contributed by atoms with Crippen molar-refractivity contribution in [3.63, 3.8) is 0 Å². The van der Waals surface area contributed by atoms with Crippen LogP contribution in [0.15, 0.2) is 29.2 Å². The molecule has 0 heterocycles. The maximum Gasteiger partial charge on any atom is 0.182 e. The van der Waals surface area contributed by atoms with E-state index in [4.69, 9.17) is 0 Å². The molecule has 1 saturated carbocycles. The summed E-state index contributed by atoms with van der Waals surface area (Å²) in [5, 5.41) is 12.7. The predicted octanol–water partition coefficient (Wildman–Crippen LogP) is 2.44. The Bertz CT molecular complexity index is 587. The molecule has 0 saturated heterocycles. The van der Waals surface area contributed by atoms with Crippen molar-refractivity contribution in [1.29, 1.82) is 0 Å². The van der Waals surface area contributed by atoms with Gasteiger partial charge >= 0.3 is 0 Å². The van der Waals surface area contributed by atoms with Crippen LogP contribution < -0.4 is 5.32 Å². The van der Waals surface area contributed by atoms with Gasteiger partial charge in [-0.15, -0.1) is 0 Å². The second-order valence-corrected chi connectivity index (χ2v) is 9.15. The summed E-state index contributed by atoms with van der Waals surface area (Å²) in [5.41, 5.74) is 0.217. The van der Waals surface area contributed by atoms with Crippen molar-refractivity contribution in [2.45, 2.75) is 68.2 Å². The van der Waals surface area contributed by atoms with E-state index in [1.165, 1.54) is 0 Å². The van der Waals surface area contributed by atoms with Crippen molar-refractivity contribution in [1.82, 2.24) is 5.32 Å². The van der Waals surface area contributed by atoms with Gasteiger partial charge in [-0.1, -0.05) is 30.5 Å². The summed E-state index contributed by atoms with van der Waals surface area (Å²) < 4.78 is 25.9. The summed E-state index contributed by atoms with van der Waals surface area (Å²) >= 11 is 0. The lowest BCUT2D eigenvalue weighted by atomic mass is 9.94. The molecular weight excluding hydrogens is 298 g/mol. The first-order chi connectivity index (χ1) is 10.2. The summed E-state index contributed by atoms with van der Waals surface area (Å²) in [5.74, 6) is 0. The Morgan fingerprint density at radius 1 is 1.18 bits per heavy atom. The molecule has 2 N–H and O–H groups in total. The summed E-state index contributed by atoms with van der Waals surface area (Å²) in [7, 11) is -3.34. The van der Waals surface area contributed by atoms with Crippen molar-refractivity contribution in [2.24, 2.45) is 0 Å². The number of sulfone groups is 1. The fourth-order valence-corrected chi connectivity index (χ4v) is 4.99. The summed E-state index contributed by atoms with van der Waals surface area (Å²) in [6, 6.07) is 6.99. The fourth-order valence-electron chi connectivity index (χ4n) is 2.99. The Morgan fingerprint density at radius 3 is 2.36 bits per heavy atom. The molecule has 1 aromatic carbocycles. The van der Waals surface area contributed by atoms with Gasteiger partial charge in [0.25, 0.3) is 0 Å². The van der Waals surface area contributed by atoms with Crippen LogP contribution in [0.5, 0.6) is 0 Å². The lowest BCUT2D eigenvalue weighted by Crippen LogP contribution is -2.50. The highest BCUT2D eigenvalue weighted by Gasteiger charge is 2.36. The molecule has 2 rings (SSSR count). The molecule has 0 amide bonds. The molecule has 2 atom stereocenters. The second-order valence-electron chi connectivity index (χ2n) is 6.98. The Labute approximate surface area is 133 Å². The number of benzene rings is 1. The van der Waals surface area contributed by atoms with Gasteiger partial charge in [-0.25, -0.2) is 8.42 Å². The second kappa shape index (κ2) is 6.69. The van der Waals surface area contributed by atoms with Gasteiger partial charge < -0.3 is 10.4 Å². The normalized spacial score (nSPS) is 23.5. The highest BCUT2D eigenvalue weighted by molar-refractivity contribution is 7.92. The van der Waals surface area contributed by atoms with Crippen LogP contribution >= 0.6 is 0 Å². The Morgan fingerprint density at radius 2 is 1.77 bits per heavy atom. The number of aliphatic hydroxyl groups is 1. The molecule has 0 radical (unpaired) electrons. The van der Waals surface area contributed by atoms with Crippen LogP contribution in [0.3, 0.4) is 0 Å². The first-order valence-electron chi connectivity index (χ1n) is 7.96. The number of rotatable bonds is 5. The average molecular weight is 325 g/mol. The lowest BCUT2D eigenvalue weighted by Gasteiger charge is -2.33. The standard InChI is InChI=1S/C17H27NO3S/c1-13-8-10-14(11-9-13)22(20,21)16-7-5-4-6-15(16)18-12-17(2,3)19/h8-11,15-16,18-19H,4-7,12H2,1-3H3/t15-,16-/m1/s1. The van der Waals surface area contributed by atoms with Gasteiger partial charge in [-0.05, 0) is 45.7 Å². The lowest BCUT2D eigenvalue weighted by molar-refractivity contribution is 0.0747. The zero-order chi connectivity index (χ0) is 16.4. The Balaban J connectivity index is 2.20. The predicted molar refractivity (Wildman–Crippen MR) is 88.7 cm³/mol. The number of hydrogen-bond acceptors (Lipinski definition) is 4. The van der Waals surface area contributed by atoms with Crippen LogP contribution in [-0.4, -0.2) is 37.0 Å². The van der Waals surface area contributed by atoms with Crippen LogP contribution in [0.2, 0.25) is 0 Å². The monoisotopic (exact) mass is 325 g/mol. The highest BCUT2D eigenvalue weighted by atomic mass is 32.2. The number of hydrogen-bond donors (Lipinski definition) is 2. The maximum atomic E-state index is 12.9. The van der Waals surface area contributed by atoms with E-state index in [0.717, 1.165) is 24.8 Å². The first-order valence-corrected chi connectivity index (χ1v) is 9.51. The summed E-state index contributed by atoms with van der Waals surface area (Å²) in [6.45, 7) is 5.81. The van der Waals surface area contributed by atoms with Crippen LogP contribution in [0.1, 0.15) is 45.1 Å². The quantitative estimate of drug-likeness (QED) is 0.872. The molecule has 1 aromatic rings. The zero-order valence-corrected chi connectivity index (χ0v) is 14.5. The SMILES string of the molecule is Cc1ccc(S(=O)(=O)[C@@H]2CCCC[C@H]2NCC(C)(C)O)cc1. The van der Waals surface area contributed by atoms with Gasteiger partial charge in [0.15, 0.2) is 9.84 Å². The van der Waals surface area contributed by atoms with Gasteiger partial charge in [0.2, 0.25) is 0 Å². The number of aryl methyl sites for hydroxylation is 1. The summed E-state index contributed by atoms with van der Waals surface area (Å²) in [6.07, 6.45) is 3.49. The molecular formula is C17H27NO3S. The molecule has 1 aliphatic rings. The molecule has 1 fully saturated rings. The minimum atomic E-state index is -3.34. The topological polar surface area (TPSA) is 66.4 Å². The third kappa shape index (κ3) is 4.31. The van der Waals surface area contributed by atoms with E-state index in [-0.39, 0.29) is 6.04 Å². The summed E-state index contributed by atoms with van der Waals surface area (Å²) in [4.78, 5) is 0.403. The number of nitrogens with one attached hydrogen (secondary N) is 1. The molecule has 22 heavy (non-hydrogen) atoms. The van der Waals surface area contributed by atoms with Crippen molar-refractivity contribution in [3.8, 4) is 0 Å². The van der Waals surface area contributed by atoms with Gasteiger partial charge in [0, 0.05) is 12.6 Å². The minimum Gasteiger partial charge on any atom is -0.389 e. The maximum absolute atomic E-state index is 12.9. The third-order valence-electron chi connectivity index (χ3n) is 4.25. The van der Waals surface area contributed by atoms with E-state index in [0.29, 0.717) is 17.9 Å². The third-order valence-corrected chi connectivity index (χ3v) is 6.54. The molecule has 0 aromatic heterocycles. The van der Waals surface area contributed by atoms with Crippen molar-refractivity contribution >= 4 is 9.84 Å². The van der Waals surface area contributed by atoms with E-state index in [1.807, 2.05) is 19.1 Å². The molecule has 4 nitrogen and oxygen atoms in total. The minimum absolute atomic E-state index is 0.0912. The van der Waals surface area contributed by atoms with E-state index >= 15 is 0 Å². The van der Waals surface area contributed by atoms with E-state index in [9.17, 15) is 13.5 Å². The van der Waals surface area contributed by atoms with Crippen molar-refractivity contribution < 1.29 is 13.5 Å². The van der Waals surface area contributed by atoms with E-state index < -0.39 is 20.7 Å². The highest BCUT2D eigenvalue weighted by Crippen LogP contribution is 2.29. The molecule has 0 bridgehead atoms. The molecule has 0 aliphatic heterocycles. The van der Waals surface area contributed by atoms with Gasteiger partial charge in [-0.3, -0.25) is 0 Å².